The Morgan fingerprint density at radius 1 is 0.778 bits per heavy atom. The number of benzene rings is 3. The topological polar surface area (TPSA) is 55.8 Å². The molecule has 27 heavy (non-hydrogen) atoms. The zero-order valence-electron chi connectivity index (χ0n) is 15.1. The van der Waals surface area contributed by atoms with Gasteiger partial charge in [0.05, 0.1) is 18.4 Å². The highest BCUT2D eigenvalue weighted by Gasteiger charge is 2.18. The molecule has 3 aromatic carbocycles. The number of rotatable bonds is 5. The van der Waals surface area contributed by atoms with Gasteiger partial charge in [-0.15, -0.1) is 0 Å². The molecule has 0 aliphatic carbocycles. The highest BCUT2D eigenvalue weighted by atomic mass is 16.5. The first-order valence-electron chi connectivity index (χ1n) is 8.38. The minimum Gasteiger partial charge on any atom is -0.465 e. The number of carbonyl (C=O) groups excluding carboxylic acids is 2. The predicted octanol–water partition coefficient (Wildman–Crippen LogP) is 4.54. The van der Waals surface area contributed by atoms with E-state index in [1.165, 1.54) is 12.0 Å². The molecule has 0 aliphatic rings. The third kappa shape index (κ3) is 4.15. The van der Waals surface area contributed by atoms with Crippen molar-refractivity contribution in [3.63, 3.8) is 0 Å². The summed E-state index contributed by atoms with van der Waals surface area (Å²) in [4.78, 5) is 25.9. The van der Waals surface area contributed by atoms with Crippen LogP contribution in [0.25, 0.3) is 0 Å². The van der Waals surface area contributed by atoms with Gasteiger partial charge in [-0.3, -0.25) is 4.79 Å². The molecule has 0 aliphatic heterocycles. The smallest absolute Gasteiger partial charge is 0.337 e. The van der Waals surface area contributed by atoms with Crippen LogP contribution in [0.3, 0.4) is 0 Å². The molecule has 3 rings (SSSR count). The van der Waals surface area contributed by atoms with E-state index in [9.17, 15) is 9.59 Å². The number of anilines is 1. The molecule has 0 fully saturated rings. The van der Waals surface area contributed by atoms with E-state index in [2.05, 4.69) is 4.74 Å². The summed E-state index contributed by atoms with van der Waals surface area (Å²) in [5.74, 6) is 0.610. The maximum absolute atomic E-state index is 12.9. The lowest BCUT2D eigenvalue weighted by molar-refractivity contribution is 0.0600. The standard InChI is InChI=1S/C22H19NO4/c1-23(21(24)16-12-14-17(15-13-16)22(25)26-2)19-10-6-7-11-20(19)27-18-8-4-3-5-9-18/h3-15H,1-2H3. The Morgan fingerprint density at radius 2 is 1.37 bits per heavy atom. The van der Waals surface area contributed by atoms with Crippen molar-refractivity contribution < 1.29 is 19.1 Å². The first-order valence-corrected chi connectivity index (χ1v) is 8.38. The molecule has 136 valence electrons. The molecule has 0 saturated heterocycles. The lowest BCUT2D eigenvalue weighted by Gasteiger charge is -2.21. The average molecular weight is 361 g/mol. The van der Waals surface area contributed by atoms with Crippen LogP contribution in [0.2, 0.25) is 0 Å². The molecule has 0 spiro atoms. The van der Waals surface area contributed by atoms with E-state index in [4.69, 9.17) is 4.74 Å². The Morgan fingerprint density at radius 3 is 2.04 bits per heavy atom. The number of hydrogen-bond acceptors (Lipinski definition) is 4. The predicted molar refractivity (Wildman–Crippen MR) is 103 cm³/mol. The number of esters is 1. The molecule has 0 heterocycles. The molecular weight excluding hydrogens is 342 g/mol. The third-order valence-corrected chi connectivity index (χ3v) is 4.06. The van der Waals surface area contributed by atoms with Crippen LogP contribution in [-0.4, -0.2) is 26.0 Å². The van der Waals surface area contributed by atoms with Gasteiger partial charge in [0.25, 0.3) is 5.91 Å². The van der Waals surface area contributed by atoms with Crippen molar-refractivity contribution in [1.82, 2.24) is 0 Å². The summed E-state index contributed by atoms with van der Waals surface area (Å²) in [7, 11) is 3.00. The normalized spacial score (nSPS) is 10.1. The van der Waals surface area contributed by atoms with Crippen LogP contribution in [0.1, 0.15) is 20.7 Å². The molecule has 0 radical (unpaired) electrons. The minimum atomic E-state index is -0.441. The monoisotopic (exact) mass is 361 g/mol. The Bertz CT molecular complexity index is 936. The molecular formula is C22H19NO4. The summed E-state index contributed by atoms with van der Waals surface area (Å²) in [6.07, 6.45) is 0. The second kappa shape index (κ2) is 8.19. The van der Waals surface area contributed by atoms with Gasteiger partial charge in [0.2, 0.25) is 0 Å². The molecule has 3 aromatic rings. The van der Waals surface area contributed by atoms with Crippen molar-refractivity contribution in [3.8, 4) is 11.5 Å². The molecule has 0 N–H and O–H groups in total. The number of para-hydroxylation sites is 3. The van der Waals surface area contributed by atoms with Crippen molar-refractivity contribution >= 4 is 17.6 Å². The number of carbonyl (C=O) groups is 2. The largest absolute Gasteiger partial charge is 0.465 e. The van der Waals surface area contributed by atoms with Crippen molar-refractivity contribution in [2.75, 3.05) is 19.1 Å². The zero-order valence-corrected chi connectivity index (χ0v) is 15.1. The van der Waals surface area contributed by atoms with Crippen LogP contribution >= 0.6 is 0 Å². The SMILES string of the molecule is COC(=O)c1ccc(C(=O)N(C)c2ccccc2Oc2ccccc2)cc1. The highest BCUT2D eigenvalue weighted by Crippen LogP contribution is 2.32. The Balaban J connectivity index is 1.84. The van der Waals surface area contributed by atoms with Gasteiger partial charge in [0.15, 0.2) is 5.75 Å². The summed E-state index contributed by atoms with van der Waals surface area (Å²) in [5.41, 5.74) is 1.49. The quantitative estimate of drug-likeness (QED) is 0.626. The van der Waals surface area contributed by atoms with Crippen LogP contribution in [0.15, 0.2) is 78.9 Å². The summed E-state index contributed by atoms with van der Waals surface area (Å²) in [5, 5.41) is 0. The van der Waals surface area contributed by atoms with Gasteiger partial charge in [-0.1, -0.05) is 30.3 Å². The Labute approximate surface area is 157 Å². The Kier molecular flexibility index (Phi) is 5.52. The molecule has 5 heteroatoms. The maximum atomic E-state index is 12.9. The van der Waals surface area contributed by atoms with Gasteiger partial charge in [0.1, 0.15) is 5.75 Å². The van der Waals surface area contributed by atoms with E-state index in [0.717, 1.165) is 0 Å². The fourth-order valence-corrected chi connectivity index (χ4v) is 2.61. The summed E-state index contributed by atoms with van der Waals surface area (Å²) >= 11 is 0. The number of amides is 1. The number of hydrogen-bond donors (Lipinski definition) is 0. The van der Waals surface area contributed by atoms with E-state index >= 15 is 0 Å². The lowest BCUT2D eigenvalue weighted by atomic mass is 10.1. The van der Waals surface area contributed by atoms with Crippen molar-refractivity contribution in [2.45, 2.75) is 0 Å². The van der Waals surface area contributed by atoms with E-state index in [1.807, 2.05) is 54.6 Å². The summed E-state index contributed by atoms with van der Waals surface area (Å²) in [6.45, 7) is 0. The van der Waals surface area contributed by atoms with Crippen LogP contribution in [0.4, 0.5) is 5.69 Å². The number of nitrogens with zero attached hydrogens (tertiary/aromatic N) is 1. The maximum Gasteiger partial charge on any atom is 0.337 e. The fourth-order valence-electron chi connectivity index (χ4n) is 2.61. The second-order valence-corrected chi connectivity index (χ2v) is 5.82. The summed E-state index contributed by atoms with van der Waals surface area (Å²) in [6, 6.07) is 23.1. The fraction of sp³-hybridized carbons (Fsp3) is 0.0909. The van der Waals surface area contributed by atoms with Crippen LogP contribution < -0.4 is 9.64 Å². The first kappa shape index (κ1) is 18.2. The van der Waals surface area contributed by atoms with Gasteiger partial charge in [-0.25, -0.2) is 4.79 Å². The van der Waals surface area contributed by atoms with Crippen molar-refractivity contribution in [3.05, 3.63) is 90.0 Å². The van der Waals surface area contributed by atoms with Gasteiger partial charge in [0, 0.05) is 12.6 Å². The Hall–Kier alpha value is -3.60. The zero-order chi connectivity index (χ0) is 19.2. The van der Waals surface area contributed by atoms with Crippen LogP contribution in [0.5, 0.6) is 11.5 Å². The molecule has 0 aromatic heterocycles. The number of ether oxygens (including phenoxy) is 2. The molecule has 0 saturated carbocycles. The van der Waals surface area contributed by atoms with Gasteiger partial charge in [-0.2, -0.15) is 0 Å². The second-order valence-electron chi connectivity index (χ2n) is 5.82. The van der Waals surface area contributed by atoms with E-state index in [-0.39, 0.29) is 5.91 Å². The van der Waals surface area contributed by atoms with Gasteiger partial charge in [-0.05, 0) is 48.5 Å². The molecule has 0 unspecified atom stereocenters. The van der Waals surface area contributed by atoms with Gasteiger partial charge >= 0.3 is 5.97 Å². The van der Waals surface area contributed by atoms with E-state index < -0.39 is 5.97 Å². The molecule has 0 atom stereocenters. The van der Waals surface area contributed by atoms with E-state index in [1.54, 1.807) is 31.3 Å². The number of methoxy groups -OCH3 is 1. The molecule has 0 bridgehead atoms. The van der Waals surface area contributed by atoms with Crippen LogP contribution in [0, 0.1) is 0 Å². The average Bonchev–Trinajstić information content (AvgIpc) is 2.73. The van der Waals surface area contributed by atoms with Crippen molar-refractivity contribution in [2.24, 2.45) is 0 Å². The summed E-state index contributed by atoms with van der Waals surface area (Å²) < 4.78 is 10.6. The lowest BCUT2D eigenvalue weighted by Crippen LogP contribution is -2.26. The van der Waals surface area contributed by atoms with Crippen molar-refractivity contribution in [1.29, 1.82) is 0 Å². The van der Waals surface area contributed by atoms with Crippen LogP contribution in [-0.2, 0) is 4.74 Å². The molecule has 5 nitrogen and oxygen atoms in total. The highest BCUT2D eigenvalue weighted by molar-refractivity contribution is 6.07. The van der Waals surface area contributed by atoms with E-state index in [0.29, 0.717) is 28.3 Å². The minimum absolute atomic E-state index is 0.212. The first-order chi connectivity index (χ1) is 13.1. The third-order valence-electron chi connectivity index (χ3n) is 4.06. The van der Waals surface area contributed by atoms with Gasteiger partial charge < -0.3 is 14.4 Å². The molecule has 1 amide bonds.